The molecule has 2 atom stereocenters. The van der Waals surface area contributed by atoms with E-state index in [1.807, 2.05) is 30.3 Å². The number of rotatable bonds is 10. The second kappa shape index (κ2) is 9.97. The van der Waals surface area contributed by atoms with Gasteiger partial charge in [0.1, 0.15) is 0 Å². The highest BCUT2D eigenvalue weighted by Crippen LogP contribution is 2.27. The number of nitrogens with zero attached hydrogens (tertiary/aromatic N) is 1. The standard InChI is InChI=1S/C19H33NO/c1-5-7-14-20(15-8-6-2)18(16(3)4)19(21)17-12-10-9-11-13-17/h9-13,16,18-19,21H,5-8,14-15H2,1-4H3. The Kier molecular flexibility index (Phi) is 8.63. The molecule has 0 amide bonds. The van der Waals surface area contributed by atoms with E-state index in [0.717, 1.165) is 18.7 Å². The van der Waals surface area contributed by atoms with Crippen LogP contribution in [0.1, 0.15) is 65.0 Å². The van der Waals surface area contributed by atoms with Crippen molar-refractivity contribution in [3.63, 3.8) is 0 Å². The lowest BCUT2D eigenvalue weighted by molar-refractivity contribution is 0.0206. The van der Waals surface area contributed by atoms with Gasteiger partial charge in [0, 0.05) is 6.04 Å². The van der Waals surface area contributed by atoms with Gasteiger partial charge in [0.2, 0.25) is 0 Å². The summed E-state index contributed by atoms with van der Waals surface area (Å²) in [4.78, 5) is 2.51. The molecule has 2 unspecified atom stereocenters. The fraction of sp³-hybridized carbons (Fsp3) is 0.684. The van der Waals surface area contributed by atoms with E-state index in [2.05, 4.69) is 32.6 Å². The van der Waals surface area contributed by atoms with Gasteiger partial charge in [0.05, 0.1) is 6.10 Å². The first-order chi connectivity index (χ1) is 10.1. The lowest BCUT2D eigenvalue weighted by Gasteiger charge is -2.38. The zero-order valence-electron chi connectivity index (χ0n) is 14.3. The molecule has 0 spiro atoms. The highest BCUT2D eigenvalue weighted by molar-refractivity contribution is 5.19. The van der Waals surface area contributed by atoms with E-state index in [1.54, 1.807) is 0 Å². The molecular weight excluding hydrogens is 258 g/mol. The average molecular weight is 291 g/mol. The van der Waals surface area contributed by atoms with E-state index in [0.29, 0.717) is 5.92 Å². The molecule has 0 aliphatic rings. The van der Waals surface area contributed by atoms with E-state index in [-0.39, 0.29) is 6.04 Å². The normalized spacial score (nSPS) is 14.6. The SMILES string of the molecule is CCCCN(CCCC)C(C(C)C)C(O)c1ccccc1. The summed E-state index contributed by atoms with van der Waals surface area (Å²) in [6.07, 6.45) is 4.41. The lowest BCUT2D eigenvalue weighted by atomic mass is 9.91. The number of benzene rings is 1. The van der Waals surface area contributed by atoms with Gasteiger partial charge < -0.3 is 5.11 Å². The second-order valence-electron chi connectivity index (χ2n) is 6.33. The molecule has 1 N–H and O–H groups in total. The molecule has 0 heterocycles. The molecule has 1 aromatic rings. The Labute approximate surface area is 131 Å². The van der Waals surface area contributed by atoms with Crippen molar-refractivity contribution < 1.29 is 5.11 Å². The predicted molar refractivity (Wildman–Crippen MR) is 91.4 cm³/mol. The Morgan fingerprint density at radius 1 is 0.952 bits per heavy atom. The summed E-state index contributed by atoms with van der Waals surface area (Å²) in [6, 6.07) is 10.3. The van der Waals surface area contributed by atoms with Crippen LogP contribution in [0.2, 0.25) is 0 Å². The summed E-state index contributed by atoms with van der Waals surface area (Å²) < 4.78 is 0. The summed E-state index contributed by atoms with van der Waals surface area (Å²) in [5.74, 6) is 0.439. The first kappa shape index (κ1) is 18.2. The minimum atomic E-state index is -0.403. The monoisotopic (exact) mass is 291 g/mol. The summed E-state index contributed by atoms with van der Waals surface area (Å²) in [6.45, 7) is 11.1. The third kappa shape index (κ3) is 5.80. The van der Waals surface area contributed by atoms with Crippen molar-refractivity contribution in [2.45, 2.75) is 65.5 Å². The van der Waals surface area contributed by atoms with Gasteiger partial charge >= 0.3 is 0 Å². The van der Waals surface area contributed by atoms with Gasteiger partial charge in [-0.25, -0.2) is 0 Å². The number of aliphatic hydroxyl groups excluding tert-OH is 1. The Morgan fingerprint density at radius 3 is 1.90 bits per heavy atom. The zero-order valence-corrected chi connectivity index (χ0v) is 14.3. The highest BCUT2D eigenvalue weighted by Gasteiger charge is 2.29. The van der Waals surface area contributed by atoms with E-state index in [9.17, 15) is 5.11 Å². The Morgan fingerprint density at radius 2 is 1.48 bits per heavy atom. The molecule has 0 radical (unpaired) electrons. The predicted octanol–water partition coefficient (Wildman–Crippen LogP) is 4.65. The van der Waals surface area contributed by atoms with Crippen LogP contribution < -0.4 is 0 Å². The maximum Gasteiger partial charge on any atom is 0.0947 e. The molecule has 0 bridgehead atoms. The first-order valence-electron chi connectivity index (χ1n) is 8.58. The topological polar surface area (TPSA) is 23.5 Å². The van der Waals surface area contributed by atoms with Gasteiger partial charge in [0.15, 0.2) is 0 Å². The first-order valence-corrected chi connectivity index (χ1v) is 8.58. The Balaban J connectivity index is 2.88. The van der Waals surface area contributed by atoms with Crippen LogP contribution in [-0.4, -0.2) is 29.1 Å². The molecule has 0 aliphatic heterocycles. The maximum absolute atomic E-state index is 10.9. The third-order valence-electron chi connectivity index (χ3n) is 4.17. The minimum absolute atomic E-state index is 0.200. The third-order valence-corrected chi connectivity index (χ3v) is 4.17. The molecule has 120 valence electrons. The molecular formula is C19H33NO. The smallest absolute Gasteiger partial charge is 0.0947 e. The molecule has 1 aromatic carbocycles. The van der Waals surface area contributed by atoms with Crippen molar-refractivity contribution in [2.24, 2.45) is 5.92 Å². The van der Waals surface area contributed by atoms with Crippen molar-refractivity contribution >= 4 is 0 Å². The maximum atomic E-state index is 10.9. The van der Waals surface area contributed by atoms with Gasteiger partial charge in [-0.05, 0) is 37.4 Å². The highest BCUT2D eigenvalue weighted by atomic mass is 16.3. The van der Waals surface area contributed by atoms with Crippen LogP contribution in [0.3, 0.4) is 0 Å². The molecule has 0 saturated carbocycles. The van der Waals surface area contributed by atoms with Crippen LogP contribution in [0, 0.1) is 5.92 Å². The number of hydrogen-bond donors (Lipinski definition) is 1. The van der Waals surface area contributed by atoms with E-state index in [1.165, 1.54) is 25.7 Å². The minimum Gasteiger partial charge on any atom is -0.387 e. The van der Waals surface area contributed by atoms with Gasteiger partial charge in [0.25, 0.3) is 0 Å². The van der Waals surface area contributed by atoms with Crippen LogP contribution in [0.5, 0.6) is 0 Å². The molecule has 1 rings (SSSR count). The lowest BCUT2D eigenvalue weighted by Crippen LogP contribution is -2.44. The largest absolute Gasteiger partial charge is 0.387 e. The van der Waals surface area contributed by atoms with Crippen LogP contribution in [-0.2, 0) is 0 Å². The van der Waals surface area contributed by atoms with Gasteiger partial charge in [-0.3, -0.25) is 4.90 Å². The van der Waals surface area contributed by atoms with Gasteiger partial charge in [-0.15, -0.1) is 0 Å². The summed E-state index contributed by atoms with van der Waals surface area (Å²) in [7, 11) is 0. The van der Waals surface area contributed by atoms with Crippen LogP contribution in [0.4, 0.5) is 0 Å². The van der Waals surface area contributed by atoms with Crippen LogP contribution in [0.15, 0.2) is 30.3 Å². The summed E-state index contributed by atoms with van der Waals surface area (Å²) >= 11 is 0. The molecule has 2 nitrogen and oxygen atoms in total. The van der Waals surface area contributed by atoms with Gasteiger partial charge in [-0.1, -0.05) is 70.9 Å². The Hall–Kier alpha value is -0.860. The summed E-state index contributed by atoms with van der Waals surface area (Å²) in [5.41, 5.74) is 1.04. The summed E-state index contributed by atoms with van der Waals surface area (Å²) in [5, 5.41) is 10.9. The fourth-order valence-electron chi connectivity index (χ4n) is 2.97. The second-order valence-corrected chi connectivity index (χ2v) is 6.33. The molecule has 2 heteroatoms. The van der Waals surface area contributed by atoms with Gasteiger partial charge in [-0.2, -0.15) is 0 Å². The van der Waals surface area contributed by atoms with Crippen LogP contribution >= 0.6 is 0 Å². The zero-order chi connectivity index (χ0) is 15.7. The average Bonchev–Trinajstić information content (AvgIpc) is 2.50. The van der Waals surface area contributed by atoms with E-state index >= 15 is 0 Å². The molecule has 21 heavy (non-hydrogen) atoms. The van der Waals surface area contributed by atoms with Crippen molar-refractivity contribution in [3.05, 3.63) is 35.9 Å². The molecule has 0 aromatic heterocycles. The molecule has 0 saturated heterocycles. The van der Waals surface area contributed by atoms with E-state index < -0.39 is 6.10 Å². The van der Waals surface area contributed by atoms with Crippen molar-refractivity contribution in [1.29, 1.82) is 0 Å². The van der Waals surface area contributed by atoms with Crippen molar-refractivity contribution in [3.8, 4) is 0 Å². The molecule has 0 aliphatic carbocycles. The quantitative estimate of drug-likeness (QED) is 0.678. The Bertz CT molecular complexity index is 355. The molecule has 0 fully saturated rings. The fourth-order valence-corrected chi connectivity index (χ4v) is 2.97. The van der Waals surface area contributed by atoms with E-state index in [4.69, 9.17) is 0 Å². The number of unbranched alkanes of at least 4 members (excludes halogenated alkanes) is 2. The number of aliphatic hydroxyl groups is 1. The van der Waals surface area contributed by atoms with Crippen molar-refractivity contribution in [1.82, 2.24) is 4.90 Å². The van der Waals surface area contributed by atoms with Crippen molar-refractivity contribution in [2.75, 3.05) is 13.1 Å². The number of hydrogen-bond acceptors (Lipinski definition) is 2. The van der Waals surface area contributed by atoms with Crippen LogP contribution in [0.25, 0.3) is 0 Å².